The van der Waals surface area contributed by atoms with Crippen molar-refractivity contribution >= 4 is 5.91 Å². The fourth-order valence-corrected chi connectivity index (χ4v) is 1.23. The predicted octanol–water partition coefficient (Wildman–Crippen LogP) is 1.44. The van der Waals surface area contributed by atoms with Gasteiger partial charge in [0.05, 0.1) is 12.7 Å². The van der Waals surface area contributed by atoms with Gasteiger partial charge in [0.2, 0.25) is 0 Å². The number of hydrogen-bond donors (Lipinski definition) is 1. The van der Waals surface area contributed by atoms with Crippen LogP contribution in [0.2, 0.25) is 0 Å². The normalized spacial score (nSPS) is 10.5. The van der Waals surface area contributed by atoms with E-state index in [1.54, 1.807) is 0 Å². The first-order chi connectivity index (χ1) is 6.97. The van der Waals surface area contributed by atoms with Gasteiger partial charge < -0.3 is 10.5 Å². The summed E-state index contributed by atoms with van der Waals surface area (Å²) in [6.45, 7) is 1.50. The SMILES string of the molecule is COc1c(C(F)F)cc(C)nc1C(N)=O. The van der Waals surface area contributed by atoms with E-state index in [0.29, 0.717) is 5.69 Å². The highest BCUT2D eigenvalue weighted by molar-refractivity contribution is 5.94. The highest BCUT2D eigenvalue weighted by atomic mass is 19.3. The summed E-state index contributed by atoms with van der Waals surface area (Å²) >= 11 is 0. The quantitative estimate of drug-likeness (QED) is 0.831. The molecule has 1 amide bonds. The van der Waals surface area contributed by atoms with Crippen LogP contribution in [0.25, 0.3) is 0 Å². The average molecular weight is 216 g/mol. The Bertz CT molecular complexity index is 394. The van der Waals surface area contributed by atoms with Crippen LogP contribution in [0.5, 0.6) is 5.75 Å². The molecule has 0 aliphatic carbocycles. The van der Waals surface area contributed by atoms with Gasteiger partial charge in [0.25, 0.3) is 12.3 Å². The molecule has 0 bridgehead atoms. The van der Waals surface area contributed by atoms with Crippen LogP contribution in [-0.2, 0) is 0 Å². The average Bonchev–Trinajstić information content (AvgIpc) is 2.16. The minimum absolute atomic E-state index is 0.261. The molecule has 1 aromatic rings. The van der Waals surface area contributed by atoms with E-state index < -0.39 is 12.3 Å². The largest absolute Gasteiger partial charge is 0.494 e. The molecule has 0 aliphatic heterocycles. The molecule has 0 atom stereocenters. The number of nitrogens with two attached hydrogens (primary N) is 1. The minimum Gasteiger partial charge on any atom is -0.494 e. The number of alkyl halides is 2. The van der Waals surface area contributed by atoms with Crippen molar-refractivity contribution in [3.05, 3.63) is 23.0 Å². The van der Waals surface area contributed by atoms with Gasteiger partial charge in [0.15, 0.2) is 11.4 Å². The van der Waals surface area contributed by atoms with E-state index in [4.69, 9.17) is 10.5 Å². The van der Waals surface area contributed by atoms with Crippen molar-refractivity contribution in [1.82, 2.24) is 4.98 Å². The summed E-state index contributed by atoms with van der Waals surface area (Å²) in [7, 11) is 1.19. The third-order valence-corrected chi connectivity index (χ3v) is 1.80. The lowest BCUT2D eigenvalue weighted by molar-refractivity contribution is 0.0990. The first-order valence-electron chi connectivity index (χ1n) is 4.10. The zero-order chi connectivity index (χ0) is 11.6. The van der Waals surface area contributed by atoms with Crippen molar-refractivity contribution in [2.45, 2.75) is 13.3 Å². The number of aromatic nitrogens is 1. The third-order valence-electron chi connectivity index (χ3n) is 1.80. The second-order valence-electron chi connectivity index (χ2n) is 2.90. The smallest absolute Gasteiger partial charge is 0.271 e. The van der Waals surface area contributed by atoms with Gasteiger partial charge in [-0.25, -0.2) is 13.8 Å². The Hall–Kier alpha value is -1.72. The highest BCUT2D eigenvalue weighted by Crippen LogP contribution is 2.31. The van der Waals surface area contributed by atoms with Crippen molar-refractivity contribution < 1.29 is 18.3 Å². The van der Waals surface area contributed by atoms with Gasteiger partial charge >= 0.3 is 0 Å². The fraction of sp³-hybridized carbons (Fsp3) is 0.333. The number of rotatable bonds is 3. The number of hydrogen-bond acceptors (Lipinski definition) is 3. The van der Waals surface area contributed by atoms with Crippen LogP contribution >= 0.6 is 0 Å². The van der Waals surface area contributed by atoms with E-state index in [-0.39, 0.29) is 17.0 Å². The summed E-state index contributed by atoms with van der Waals surface area (Å²) < 4.78 is 29.9. The van der Waals surface area contributed by atoms with Crippen LogP contribution in [0.15, 0.2) is 6.07 Å². The number of carbonyl (C=O) groups excluding carboxylic acids is 1. The molecule has 2 N–H and O–H groups in total. The van der Waals surface area contributed by atoms with Gasteiger partial charge in [-0.05, 0) is 13.0 Å². The predicted molar refractivity (Wildman–Crippen MR) is 49.0 cm³/mol. The molecule has 0 spiro atoms. The molecule has 15 heavy (non-hydrogen) atoms. The lowest BCUT2D eigenvalue weighted by Crippen LogP contribution is -2.16. The van der Waals surface area contributed by atoms with E-state index in [1.807, 2.05) is 0 Å². The van der Waals surface area contributed by atoms with Gasteiger partial charge in [-0.3, -0.25) is 4.79 Å². The van der Waals surface area contributed by atoms with Crippen LogP contribution in [0, 0.1) is 6.92 Å². The molecular formula is C9H10F2N2O2. The van der Waals surface area contributed by atoms with Crippen LogP contribution in [0.3, 0.4) is 0 Å². The van der Waals surface area contributed by atoms with Gasteiger partial charge in [-0.15, -0.1) is 0 Å². The van der Waals surface area contributed by atoms with Gasteiger partial charge in [0.1, 0.15) is 0 Å². The Labute approximate surface area is 85.1 Å². The lowest BCUT2D eigenvalue weighted by Gasteiger charge is -2.11. The van der Waals surface area contributed by atoms with E-state index >= 15 is 0 Å². The molecule has 4 nitrogen and oxygen atoms in total. The van der Waals surface area contributed by atoms with Gasteiger partial charge in [-0.2, -0.15) is 0 Å². The topological polar surface area (TPSA) is 65.2 Å². The summed E-state index contributed by atoms with van der Waals surface area (Å²) in [5.74, 6) is -1.15. The Kier molecular flexibility index (Phi) is 3.18. The maximum absolute atomic E-state index is 12.6. The number of primary amides is 1. The van der Waals surface area contributed by atoms with Crippen LogP contribution in [-0.4, -0.2) is 18.0 Å². The highest BCUT2D eigenvalue weighted by Gasteiger charge is 2.21. The Morgan fingerprint density at radius 1 is 1.60 bits per heavy atom. The summed E-state index contributed by atoms with van der Waals surface area (Å²) in [6, 6.07) is 1.16. The summed E-state index contributed by atoms with van der Waals surface area (Å²) in [6.07, 6.45) is -2.74. The minimum atomic E-state index is -2.74. The molecular weight excluding hydrogens is 206 g/mol. The lowest BCUT2D eigenvalue weighted by atomic mass is 10.1. The van der Waals surface area contributed by atoms with Gasteiger partial charge in [-0.1, -0.05) is 0 Å². The molecule has 1 heterocycles. The number of halogens is 2. The zero-order valence-electron chi connectivity index (χ0n) is 8.25. The van der Waals surface area contributed by atoms with Crippen LogP contribution < -0.4 is 10.5 Å². The summed E-state index contributed by atoms with van der Waals surface area (Å²) in [4.78, 5) is 14.7. The number of carbonyl (C=O) groups is 1. The molecule has 0 saturated carbocycles. The Morgan fingerprint density at radius 2 is 2.20 bits per heavy atom. The maximum atomic E-state index is 12.6. The molecule has 1 aromatic heterocycles. The molecule has 6 heteroatoms. The molecule has 0 radical (unpaired) electrons. The Morgan fingerprint density at radius 3 is 2.60 bits per heavy atom. The third kappa shape index (κ3) is 2.20. The second kappa shape index (κ2) is 4.20. The zero-order valence-corrected chi connectivity index (χ0v) is 8.25. The van der Waals surface area contributed by atoms with Gasteiger partial charge in [0, 0.05) is 5.69 Å². The van der Waals surface area contributed by atoms with Crippen molar-refractivity contribution in [2.24, 2.45) is 5.73 Å². The number of methoxy groups -OCH3 is 1. The molecule has 1 rings (SSSR count). The molecule has 0 saturated heterocycles. The molecule has 0 aliphatic rings. The summed E-state index contributed by atoms with van der Waals surface area (Å²) in [5, 5.41) is 0. The van der Waals surface area contributed by atoms with E-state index in [1.165, 1.54) is 14.0 Å². The number of aryl methyl sites for hydroxylation is 1. The van der Waals surface area contributed by atoms with E-state index in [2.05, 4.69) is 4.98 Å². The number of nitrogens with zero attached hydrogens (tertiary/aromatic N) is 1. The number of amides is 1. The van der Waals surface area contributed by atoms with Crippen molar-refractivity contribution in [3.63, 3.8) is 0 Å². The first-order valence-corrected chi connectivity index (χ1v) is 4.10. The van der Waals surface area contributed by atoms with E-state index in [9.17, 15) is 13.6 Å². The fourth-order valence-electron chi connectivity index (χ4n) is 1.23. The maximum Gasteiger partial charge on any atom is 0.271 e. The summed E-state index contributed by atoms with van der Waals surface area (Å²) in [5.41, 5.74) is 4.65. The molecule has 0 unspecified atom stereocenters. The monoisotopic (exact) mass is 216 g/mol. The van der Waals surface area contributed by atoms with Crippen molar-refractivity contribution in [1.29, 1.82) is 0 Å². The molecule has 82 valence electrons. The Balaban J connectivity index is 3.45. The van der Waals surface area contributed by atoms with Crippen LogP contribution in [0.4, 0.5) is 8.78 Å². The van der Waals surface area contributed by atoms with Crippen molar-refractivity contribution in [2.75, 3.05) is 7.11 Å². The van der Waals surface area contributed by atoms with Crippen LogP contribution in [0.1, 0.15) is 28.2 Å². The number of ether oxygens (including phenoxy) is 1. The first kappa shape index (κ1) is 11.4. The van der Waals surface area contributed by atoms with Crippen molar-refractivity contribution in [3.8, 4) is 5.75 Å². The molecule has 0 fully saturated rings. The second-order valence-corrected chi connectivity index (χ2v) is 2.90. The number of pyridine rings is 1. The standard InChI is InChI=1S/C9H10F2N2O2/c1-4-3-5(8(10)11)7(15-2)6(13-4)9(12)14/h3,8H,1-2H3,(H2,12,14). The van der Waals surface area contributed by atoms with E-state index in [0.717, 1.165) is 6.07 Å². The molecule has 0 aromatic carbocycles.